The highest BCUT2D eigenvalue weighted by Crippen LogP contribution is 2.31. The molecule has 22 heavy (non-hydrogen) atoms. The van der Waals surface area contributed by atoms with Gasteiger partial charge in [-0.15, -0.1) is 11.3 Å². The van der Waals surface area contributed by atoms with Crippen LogP contribution in [0.15, 0.2) is 29.9 Å². The minimum absolute atomic E-state index is 0.128. The summed E-state index contributed by atoms with van der Waals surface area (Å²) in [6.07, 6.45) is -2.25. The summed E-state index contributed by atoms with van der Waals surface area (Å²) in [5.41, 5.74) is -0.860. The number of alkyl halides is 3. The molecule has 0 aliphatic heterocycles. The number of halogens is 3. The van der Waals surface area contributed by atoms with E-state index in [0.717, 1.165) is 6.07 Å². The Morgan fingerprint density at radius 1 is 1.32 bits per heavy atom. The number of thiazole rings is 1. The number of carbonyl (C=O) groups is 1. The summed E-state index contributed by atoms with van der Waals surface area (Å²) in [7, 11) is 0. The summed E-state index contributed by atoms with van der Waals surface area (Å²) < 4.78 is 39.5. The quantitative estimate of drug-likeness (QED) is 0.802. The SMILES string of the molecule is O=C(O)c1cc2cc(C(F)(F)F)cnc2n1Cc1nccs1. The number of aromatic nitrogens is 3. The van der Waals surface area contributed by atoms with Gasteiger partial charge in [0, 0.05) is 23.2 Å². The summed E-state index contributed by atoms with van der Waals surface area (Å²) >= 11 is 1.32. The molecule has 0 radical (unpaired) electrons. The lowest BCUT2D eigenvalue weighted by molar-refractivity contribution is -0.137. The number of nitrogens with zero attached hydrogens (tertiary/aromatic N) is 3. The first-order valence-corrected chi connectivity index (χ1v) is 6.92. The van der Waals surface area contributed by atoms with Gasteiger partial charge in [0.05, 0.1) is 12.1 Å². The van der Waals surface area contributed by atoms with Gasteiger partial charge in [-0.2, -0.15) is 13.2 Å². The predicted octanol–water partition coefficient (Wildman–Crippen LogP) is 3.26. The monoisotopic (exact) mass is 327 g/mol. The molecule has 3 aromatic rings. The molecule has 3 aromatic heterocycles. The molecule has 0 bridgehead atoms. The average molecular weight is 327 g/mol. The van der Waals surface area contributed by atoms with Crippen molar-refractivity contribution < 1.29 is 23.1 Å². The van der Waals surface area contributed by atoms with Crippen molar-refractivity contribution in [2.24, 2.45) is 0 Å². The third kappa shape index (κ3) is 2.54. The predicted molar refractivity (Wildman–Crippen MR) is 72.9 cm³/mol. The topological polar surface area (TPSA) is 68.0 Å². The number of fused-ring (bicyclic) bond motifs is 1. The second-order valence-corrected chi connectivity index (χ2v) is 5.46. The Kier molecular flexibility index (Phi) is 3.36. The second kappa shape index (κ2) is 5.09. The molecule has 0 aliphatic rings. The minimum Gasteiger partial charge on any atom is -0.477 e. The zero-order chi connectivity index (χ0) is 15.9. The van der Waals surface area contributed by atoms with Crippen LogP contribution in [0.2, 0.25) is 0 Å². The average Bonchev–Trinajstić information content (AvgIpc) is 3.06. The molecule has 3 rings (SSSR count). The second-order valence-electron chi connectivity index (χ2n) is 4.48. The van der Waals surface area contributed by atoms with Gasteiger partial charge in [0.25, 0.3) is 0 Å². The van der Waals surface area contributed by atoms with Crippen LogP contribution in [0.1, 0.15) is 21.1 Å². The van der Waals surface area contributed by atoms with Gasteiger partial charge in [-0.1, -0.05) is 0 Å². The van der Waals surface area contributed by atoms with Crippen molar-refractivity contribution in [1.82, 2.24) is 14.5 Å². The van der Waals surface area contributed by atoms with Crippen LogP contribution in [-0.4, -0.2) is 25.6 Å². The van der Waals surface area contributed by atoms with Crippen LogP contribution in [0.25, 0.3) is 11.0 Å². The van der Waals surface area contributed by atoms with Crippen LogP contribution in [-0.2, 0) is 12.7 Å². The van der Waals surface area contributed by atoms with E-state index in [-0.39, 0.29) is 23.3 Å². The van der Waals surface area contributed by atoms with Gasteiger partial charge < -0.3 is 9.67 Å². The van der Waals surface area contributed by atoms with E-state index >= 15 is 0 Å². The molecule has 0 saturated heterocycles. The number of carboxylic acids is 1. The molecule has 0 aliphatic carbocycles. The maximum Gasteiger partial charge on any atom is 0.417 e. The number of pyridine rings is 1. The normalized spacial score (nSPS) is 12.0. The van der Waals surface area contributed by atoms with E-state index in [2.05, 4.69) is 9.97 Å². The molecule has 0 atom stereocenters. The molecule has 0 fully saturated rings. The van der Waals surface area contributed by atoms with Gasteiger partial charge in [-0.25, -0.2) is 14.8 Å². The molecule has 5 nitrogen and oxygen atoms in total. The van der Waals surface area contributed by atoms with Crippen LogP contribution < -0.4 is 0 Å². The van der Waals surface area contributed by atoms with E-state index < -0.39 is 17.7 Å². The lowest BCUT2D eigenvalue weighted by atomic mass is 10.2. The highest BCUT2D eigenvalue weighted by molar-refractivity contribution is 7.09. The molecular weight excluding hydrogens is 319 g/mol. The summed E-state index contributed by atoms with van der Waals surface area (Å²) in [4.78, 5) is 19.2. The molecular formula is C13H8F3N3O2S. The Morgan fingerprint density at radius 3 is 2.68 bits per heavy atom. The summed E-state index contributed by atoms with van der Waals surface area (Å²) in [5, 5.41) is 11.7. The van der Waals surface area contributed by atoms with E-state index in [1.807, 2.05) is 0 Å². The van der Waals surface area contributed by atoms with Crippen molar-refractivity contribution in [3.63, 3.8) is 0 Å². The Labute approximate surface area is 125 Å². The number of carboxylic acid groups (broad SMARTS) is 1. The van der Waals surface area contributed by atoms with E-state index in [0.29, 0.717) is 11.2 Å². The molecule has 9 heteroatoms. The van der Waals surface area contributed by atoms with E-state index in [1.54, 1.807) is 11.6 Å². The van der Waals surface area contributed by atoms with E-state index in [4.69, 9.17) is 0 Å². The number of hydrogen-bond acceptors (Lipinski definition) is 4. The van der Waals surface area contributed by atoms with Crippen molar-refractivity contribution in [3.8, 4) is 0 Å². The Morgan fingerprint density at radius 2 is 2.09 bits per heavy atom. The number of hydrogen-bond donors (Lipinski definition) is 1. The molecule has 0 amide bonds. The Hall–Kier alpha value is -2.42. The summed E-state index contributed by atoms with van der Waals surface area (Å²) in [6.45, 7) is 0.140. The Balaban J connectivity index is 2.16. The van der Waals surface area contributed by atoms with Gasteiger partial charge in [-0.3, -0.25) is 0 Å². The first kappa shape index (κ1) is 14.5. The number of rotatable bonds is 3. The molecule has 0 unspecified atom stereocenters. The molecule has 0 aromatic carbocycles. The largest absolute Gasteiger partial charge is 0.477 e. The zero-order valence-corrected chi connectivity index (χ0v) is 11.6. The fraction of sp³-hybridized carbons (Fsp3) is 0.154. The van der Waals surface area contributed by atoms with Gasteiger partial charge in [-0.05, 0) is 12.1 Å². The third-order valence-electron chi connectivity index (χ3n) is 3.06. The van der Waals surface area contributed by atoms with Gasteiger partial charge >= 0.3 is 12.1 Å². The summed E-state index contributed by atoms with van der Waals surface area (Å²) in [5.74, 6) is -1.23. The van der Waals surface area contributed by atoms with Crippen LogP contribution in [0.3, 0.4) is 0 Å². The van der Waals surface area contributed by atoms with Gasteiger partial charge in [0.1, 0.15) is 16.3 Å². The van der Waals surface area contributed by atoms with E-state index in [9.17, 15) is 23.1 Å². The first-order chi connectivity index (χ1) is 10.4. The lowest BCUT2D eigenvalue weighted by Gasteiger charge is -2.07. The molecule has 114 valence electrons. The van der Waals surface area contributed by atoms with Crippen molar-refractivity contribution in [2.75, 3.05) is 0 Å². The van der Waals surface area contributed by atoms with Gasteiger partial charge in [0.15, 0.2) is 0 Å². The standard InChI is InChI=1S/C13H8F3N3O2S/c14-13(15,16)8-3-7-4-9(12(20)21)19(11(7)18-5-8)6-10-17-1-2-22-10/h1-5H,6H2,(H,20,21). The first-order valence-electron chi connectivity index (χ1n) is 6.04. The van der Waals surface area contributed by atoms with Gasteiger partial charge in [0.2, 0.25) is 0 Å². The van der Waals surface area contributed by atoms with Crippen LogP contribution in [0.4, 0.5) is 13.2 Å². The van der Waals surface area contributed by atoms with E-state index in [1.165, 1.54) is 22.0 Å². The maximum absolute atomic E-state index is 12.7. The lowest BCUT2D eigenvalue weighted by Crippen LogP contribution is -2.10. The number of aromatic carboxylic acids is 1. The third-order valence-corrected chi connectivity index (χ3v) is 3.82. The minimum atomic E-state index is -4.53. The van der Waals surface area contributed by atoms with Crippen LogP contribution in [0.5, 0.6) is 0 Å². The molecule has 0 spiro atoms. The molecule has 3 heterocycles. The molecule has 1 N–H and O–H groups in total. The van der Waals surface area contributed by atoms with Crippen molar-refractivity contribution >= 4 is 28.3 Å². The van der Waals surface area contributed by atoms with Crippen molar-refractivity contribution in [3.05, 3.63) is 46.2 Å². The van der Waals surface area contributed by atoms with Crippen molar-refractivity contribution in [1.29, 1.82) is 0 Å². The van der Waals surface area contributed by atoms with Crippen molar-refractivity contribution in [2.45, 2.75) is 12.7 Å². The summed E-state index contributed by atoms with van der Waals surface area (Å²) in [6, 6.07) is 2.08. The zero-order valence-electron chi connectivity index (χ0n) is 10.8. The fourth-order valence-corrected chi connectivity index (χ4v) is 2.71. The maximum atomic E-state index is 12.7. The van der Waals surface area contributed by atoms with Crippen LogP contribution in [0, 0.1) is 0 Å². The van der Waals surface area contributed by atoms with Crippen LogP contribution >= 0.6 is 11.3 Å². The highest BCUT2D eigenvalue weighted by Gasteiger charge is 2.31. The fourth-order valence-electron chi connectivity index (χ4n) is 2.10. The smallest absolute Gasteiger partial charge is 0.417 e. The molecule has 0 saturated carbocycles. The highest BCUT2D eigenvalue weighted by atomic mass is 32.1. The Bertz CT molecular complexity index is 840.